The number of aliphatic hydroxyl groups is 1. The Morgan fingerprint density at radius 2 is 2.05 bits per heavy atom. The largest absolute Gasteiger partial charge is 0.393 e. The fourth-order valence-electron chi connectivity index (χ4n) is 2.32. The molecule has 0 bridgehead atoms. The molecule has 3 nitrogen and oxygen atoms in total. The van der Waals surface area contributed by atoms with E-state index < -0.39 is 10.4 Å². The lowest BCUT2D eigenvalue weighted by Crippen LogP contribution is -2.32. The maximum Gasteiger partial charge on any atom is 0.226 e. The van der Waals surface area contributed by atoms with Crippen molar-refractivity contribution in [3.05, 3.63) is 35.9 Å². The van der Waals surface area contributed by atoms with E-state index in [0.717, 1.165) is 5.56 Å². The van der Waals surface area contributed by atoms with Gasteiger partial charge in [0.05, 0.1) is 12.0 Å². The van der Waals surface area contributed by atoms with Crippen LogP contribution in [0.4, 0.5) is 0 Å². The first-order valence-electron chi connectivity index (χ1n) is 6.78. The number of aliphatic hydroxyl groups excluding tert-OH is 1. The molecule has 5 heteroatoms. The van der Waals surface area contributed by atoms with E-state index >= 15 is 0 Å². The quantitative estimate of drug-likeness (QED) is 0.793. The molecule has 110 valence electrons. The third kappa shape index (κ3) is 4.11. The molecule has 20 heavy (non-hydrogen) atoms. The van der Waals surface area contributed by atoms with Crippen LogP contribution in [0.3, 0.4) is 0 Å². The van der Waals surface area contributed by atoms with Gasteiger partial charge in [-0.1, -0.05) is 30.3 Å². The van der Waals surface area contributed by atoms with Crippen LogP contribution in [0.15, 0.2) is 30.3 Å². The van der Waals surface area contributed by atoms with Crippen molar-refractivity contribution in [2.75, 3.05) is 6.54 Å². The monoisotopic (exact) mass is 315 g/mol. The van der Waals surface area contributed by atoms with Gasteiger partial charge in [-0.25, -0.2) is 0 Å². The minimum absolute atomic E-state index is 0.0824. The van der Waals surface area contributed by atoms with E-state index in [-0.39, 0.29) is 17.7 Å². The number of alkyl halides is 2. The lowest BCUT2D eigenvalue weighted by atomic mass is 9.93. The van der Waals surface area contributed by atoms with Gasteiger partial charge >= 0.3 is 0 Å². The van der Waals surface area contributed by atoms with Crippen molar-refractivity contribution in [3.8, 4) is 0 Å². The van der Waals surface area contributed by atoms with Gasteiger partial charge in [0.1, 0.15) is 4.33 Å². The Kier molecular flexibility index (Phi) is 4.95. The lowest BCUT2D eigenvalue weighted by molar-refractivity contribution is -0.122. The summed E-state index contributed by atoms with van der Waals surface area (Å²) in [5.41, 5.74) is 1.10. The van der Waals surface area contributed by atoms with E-state index in [4.69, 9.17) is 23.2 Å². The molecule has 0 radical (unpaired) electrons. The fraction of sp³-hybridized carbons (Fsp3) is 0.533. The molecule has 0 aromatic heterocycles. The number of benzene rings is 1. The highest BCUT2D eigenvalue weighted by Gasteiger charge is 2.56. The third-order valence-corrected chi connectivity index (χ3v) is 4.40. The molecule has 3 atom stereocenters. The van der Waals surface area contributed by atoms with Gasteiger partial charge in [-0.15, -0.1) is 23.2 Å². The molecule has 1 amide bonds. The number of halogens is 2. The number of hydrogen-bond donors (Lipinski definition) is 2. The molecule has 1 fully saturated rings. The molecule has 1 saturated carbocycles. The van der Waals surface area contributed by atoms with E-state index in [2.05, 4.69) is 5.32 Å². The van der Waals surface area contributed by atoms with Gasteiger partial charge in [0.25, 0.3) is 0 Å². The van der Waals surface area contributed by atoms with Crippen LogP contribution in [-0.2, 0) is 4.79 Å². The standard InChI is InChI=1S/C15H19Cl2NO2/c1-10(19)7-12(11-5-3-2-4-6-11)9-18-14(20)13-8-15(13,16)17/h2-6,10,12-13,19H,7-9H2,1H3,(H,18,20). The van der Waals surface area contributed by atoms with Crippen LogP contribution in [0.5, 0.6) is 0 Å². The molecule has 1 aliphatic rings. The first kappa shape index (κ1) is 15.6. The molecule has 0 saturated heterocycles. The second kappa shape index (κ2) is 6.33. The van der Waals surface area contributed by atoms with E-state index in [1.54, 1.807) is 6.92 Å². The molecular formula is C15H19Cl2NO2. The molecule has 0 spiro atoms. The average Bonchev–Trinajstić information content (AvgIpc) is 3.04. The summed E-state index contributed by atoms with van der Waals surface area (Å²) in [7, 11) is 0. The zero-order valence-corrected chi connectivity index (χ0v) is 12.9. The molecule has 1 aromatic rings. The zero-order chi connectivity index (χ0) is 14.8. The summed E-state index contributed by atoms with van der Waals surface area (Å²) in [6.07, 6.45) is 0.689. The van der Waals surface area contributed by atoms with Crippen LogP contribution in [0.1, 0.15) is 31.2 Å². The van der Waals surface area contributed by atoms with Gasteiger partial charge in [0, 0.05) is 12.5 Å². The van der Waals surface area contributed by atoms with E-state index in [1.807, 2.05) is 30.3 Å². The number of hydrogen-bond acceptors (Lipinski definition) is 2. The summed E-state index contributed by atoms with van der Waals surface area (Å²) >= 11 is 11.8. The zero-order valence-electron chi connectivity index (χ0n) is 11.4. The Morgan fingerprint density at radius 1 is 1.45 bits per heavy atom. The van der Waals surface area contributed by atoms with Crippen LogP contribution < -0.4 is 5.32 Å². The average molecular weight is 316 g/mol. The molecule has 0 aliphatic heterocycles. The fourth-order valence-corrected chi connectivity index (χ4v) is 2.83. The normalized spacial score (nSPS) is 22.9. The van der Waals surface area contributed by atoms with Gasteiger partial charge < -0.3 is 10.4 Å². The van der Waals surface area contributed by atoms with E-state index in [0.29, 0.717) is 19.4 Å². The predicted molar refractivity (Wildman–Crippen MR) is 81.0 cm³/mol. The van der Waals surface area contributed by atoms with Gasteiger partial charge in [-0.2, -0.15) is 0 Å². The van der Waals surface area contributed by atoms with Crippen LogP contribution in [0.25, 0.3) is 0 Å². The van der Waals surface area contributed by atoms with E-state index in [1.165, 1.54) is 0 Å². The Labute approximate surface area is 129 Å². The first-order chi connectivity index (χ1) is 9.40. The van der Waals surface area contributed by atoms with Crippen molar-refractivity contribution in [1.82, 2.24) is 5.32 Å². The summed E-state index contributed by atoms with van der Waals surface area (Å²) in [5, 5.41) is 12.5. The van der Waals surface area contributed by atoms with Crippen molar-refractivity contribution in [2.24, 2.45) is 5.92 Å². The summed E-state index contributed by atoms with van der Waals surface area (Å²) in [4.78, 5) is 11.9. The molecule has 1 aromatic carbocycles. The summed E-state index contributed by atoms with van der Waals surface area (Å²) in [6, 6.07) is 9.86. The van der Waals surface area contributed by atoms with Crippen LogP contribution in [-0.4, -0.2) is 28.0 Å². The van der Waals surface area contributed by atoms with Crippen LogP contribution in [0.2, 0.25) is 0 Å². The van der Waals surface area contributed by atoms with Crippen molar-refractivity contribution in [2.45, 2.75) is 36.1 Å². The van der Waals surface area contributed by atoms with Crippen LogP contribution in [0, 0.1) is 5.92 Å². The highest BCUT2D eigenvalue weighted by atomic mass is 35.5. The second-order valence-corrected chi connectivity index (χ2v) is 7.00. The van der Waals surface area contributed by atoms with E-state index in [9.17, 15) is 9.90 Å². The highest BCUT2D eigenvalue weighted by Crippen LogP contribution is 2.53. The number of rotatable bonds is 6. The predicted octanol–water partition coefficient (Wildman–Crippen LogP) is 2.85. The highest BCUT2D eigenvalue weighted by molar-refractivity contribution is 6.52. The molecule has 2 N–H and O–H groups in total. The minimum Gasteiger partial charge on any atom is -0.393 e. The Hall–Kier alpha value is -0.770. The third-order valence-electron chi connectivity index (χ3n) is 3.56. The van der Waals surface area contributed by atoms with Crippen molar-refractivity contribution < 1.29 is 9.90 Å². The van der Waals surface area contributed by atoms with Gasteiger partial charge in [-0.05, 0) is 25.3 Å². The number of amides is 1. The maximum absolute atomic E-state index is 11.9. The molecule has 1 aliphatic carbocycles. The topological polar surface area (TPSA) is 49.3 Å². The van der Waals surface area contributed by atoms with Crippen molar-refractivity contribution in [3.63, 3.8) is 0 Å². The SMILES string of the molecule is CC(O)CC(CNC(=O)C1CC1(Cl)Cl)c1ccccc1. The van der Waals surface area contributed by atoms with Crippen LogP contribution >= 0.6 is 23.2 Å². The molecular weight excluding hydrogens is 297 g/mol. The van der Waals surface area contributed by atoms with Gasteiger partial charge in [0.2, 0.25) is 5.91 Å². The van der Waals surface area contributed by atoms with Gasteiger partial charge in [-0.3, -0.25) is 4.79 Å². The van der Waals surface area contributed by atoms with Crippen molar-refractivity contribution in [1.29, 1.82) is 0 Å². The maximum atomic E-state index is 11.9. The molecule has 0 heterocycles. The van der Waals surface area contributed by atoms with Crippen molar-refractivity contribution >= 4 is 29.1 Å². The number of carbonyl (C=O) groups is 1. The summed E-state index contributed by atoms with van der Waals surface area (Å²) < 4.78 is -0.892. The second-order valence-electron chi connectivity index (χ2n) is 5.46. The number of carbonyl (C=O) groups excluding carboxylic acids is 1. The number of nitrogens with one attached hydrogen (secondary N) is 1. The Balaban J connectivity index is 1.93. The summed E-state index contributed by atoms with van der Waals surface area (Å²) in [6.45, 7) is 2.23. The Bertz CT molecular complexity index is 462. The molecule has 2 rings (SSSR count). The first-order valence-corrected chi connectivity index (χ1v) is 7.54. The lowest BCUT2D eigenvalue weighted by Gasteiger charge is -2.19. The smallest absolute Gasteiger partial charge is 0.226 e. The minimum atomic E-state index is -0.892. The van der Waals surface area contributed by atoms with Gasteiger partial charge in [0.15, 0.2) is 0 Å². The Morgan fingerprint density at radius 3 is 2.55 bits per heavy atom. The summed E-state index contributed by atoms with van der Waals surface area (Å²) in [5.74, 6) is -0.339. The molecule has 3 unspecified atom stereocenters.